The van der Waals surface area contributed by atoms with E-state index in [0.717, 1.165) is 6.42 Å². The number of carbonyl (C=O) groups is 3. The molecule has 2 bridgehead atoms. The van der Waals surface area contributed by atoms with Crippen molar-refractivity contribution in [3.63, 3.8) is 0 Å². The first kappa shape index (κ1) is 23.8. The number of amides is 1. The summed E-state index contributed by atoms with van der Waals surface area (Å²) in [6.07, 6.45) is -0.698. The van der Waals surface area contributed by atoms with Crippen LogP contribution in [0.5, 0.6) is 0 Å². The molecular formula is C18H21F2NO9RfS-2. The largest absolute Gasteiger partial charge is 0.746 e. The minimum absolute atomic E-state index is 0. The third kappa shape index (κ3) is 3.37. The monoisotopic (exact) mass is 732 g/mol. The van der Waals surface area contributed by atoms with E-state index in [0.29, 0.717) is 12.8 Å². The van der Waals surface area contributed by atoms with Gasteiger partial charge in [0.25, 0.3) is 11.2 Å². The molecule has 0 aromatic carbocycles. The number of rotatable bonds is 7. The Morgan fingerprint density at radius 1 is 1.25 bits per heavy atom. The number of carbonyl (C=O) groups excluding carboxylic acids is 3. The molecule has 6 unspecified atom stereocenters. The summed E-state index contributed by atoms with van der Waals surface area (Å²) in [5, 5.41) is -4.94. The van der Waals surface area contributed by atoms with E-state index >= 15 is 0 Å². The van der Waals surface area contributed by atoms with Crippen molar-refractivity contribution in [3.8, 4) is 0 Å². The molecule has 32 heavy (non-hydrogen) atoms. The molecule has 1 saturated carbocycles. The number of halogens is 2. The maximum absolute atomic E-state index is 13.4. The molecule has 10 nitrogen and oxygen atoms in total. The van der Waals surface area contributed by atoms with E-state index in [1.54, 1.807) is 13.8 Å². The molecule has 0 spiro atoms. The van der Waals surface area contributed by atoms with Gasteiger partial charge >= 0.3 is 5.97 Å². The first-order valence-corrected chi connectivity index (χ1v) is 11.3. The average molecular weight is 732 g/mol. The van der Waals surface area contributed by atoms with Gasteiger partial charge in [-0.2, -0.15) is 0 Å². The van der Waals surface area contributed by atoms with E-state index in [1.807, 2.05) is 0 Å². The second-order valence-electron chi connectivity index (χ2n) is 8.55. The van der Waals surface area contributed by atoms with Crippen molar-refractivity contribution in [1.82, 2.24) is 4.90 Å². The van der Waals surface area contributed by atoms with E-state index in [1.165, 1.54) is 4.90 Å². The third-order valence-corrected chi connectivity index (χ3v) is 7.19. The summed E-state index contributed by atoms with van der Waals surface area (Å²) >= 11 is 0. The fourth-order valence-corrected chi connectivity index (χ4v) is 4.97. The minimum Gasteiger partial charge on any atom is -0.746 e. The van der Waals surface area contributed by atoms with Gasteiger partial charge in [-0.3, -0.25) is 14.4 Å². The molecule has 3 saturated heterocycles. The topological polar surface area (TPSA) is 139 Å². The van der Waals surface area contributed by atoms with Crippen molar-refractivity contribution >= 4 is 28.0 Å². The zero-order valence-corrected chi connectivity index (χ0v) is 24.5. The van der Waals surface area contributed by atoms with Crippen molar-refractivity contribution in [3.05, 3.63) is 6.61 Å². The van der Waals surface area contributed by atoms with Gasteiger partial charge in [0.1, 0.15) is 16.2 Å². The molecule has 14 heteroatoms. The van der Waals surface area contributed by atoms with Gasteiger partial charge in [0.2, 0.25) is 5.91 Å². The third-order valence-electron chi connectivity index (χ3n) is 6.43. The fourth-order valence-electron chi connectivity index (χ4n) is 4.80. The van der Waals surface area contributed by atoms with Gasteiger partial charge in [0.05, 0.1) is 29.9 Å². The zero-order chi connectivity index (χ0) is 22.9. The molecule has 6 atom stereocenters. The summed E-state index contributed by atoms with van der Waals surface area (Å²) in [5.41, 5.74) is 0. The van der Waals surface area contributed by atoms with Crippen LogP contribution in [0.25, 0.3) is 0 Å². The molecule has 0 N–H and O–H groups in total. The number of alkyl halides is 2. The van der Waals surface area contributed by atoms with Crippen molar-refractivity contribution in [2.75, 3.05) is 0 Å². The predicted octanol–water partition coefficient (Wildman–Crippen LogP) is 0.174. The molecule has 1 aliphatic carbocycles. The van der Waals surface area contributed by atoms with Gasteiger partial charge in [-0.05, 0) is 26.7 Å². The summed E-state index contributed by atoms with van der Waals surface area (Å²) in [7, 11) is -6.10. The summed E-state index contributed by atoms with van der Waals surface area (Å²) in [4.78, 5) is 39.4. The SMILES string of the molecule is CC(C)N1C(=O)C2C3OC(C(OC(=O)C4CCC4)C31)C2C(=O)O[CH-]C(F)(F)S(=O)(=O)[O-].[Rf]. The molecule has 4 aliphatic rings. The van der Waals surface area contributed by atoms with Crippen LogP contribution in [0.2, 0.25) is 0 Å². The number of esters is 2. The summed E-state index contributed by atoms with van der Waals surface area (Å²) < 4.78 is 74.3. The van der Waals surface area contributed by atoms with E-state index in [2.05, 4.69) is 4.74 Å². The smallest absolute Gasteiger partial charge is 0.309 e. The second kappa shape index (κ2) is 7.62. The number of fused-ring (bicyclic) bond motifs is 1. The first-order valence-electron chi connectivity index (χ1n) is 9.91. The number of hydrogen-bond acceptors (Lipinski definition) is 9. The number of nitrogens with zero attached hydrogens (tertiary/aromatic N) is 1. The molecule has 4 rings (SSSR count). The molecule has 0 aromatic heterocycles. The Morgan fingerprint density at radius 2 is 1.88 bits per heavy atom. The van der Waals surface area contributed by atoms with E-state index < -0.39 is 76.0 Å². The Hall–Kier alpha value is -2.86. The van der Waals surface area contributed by atoms with Gasteiger partial charge in [-0.25, -0.2) is 17.2 Å². The Balaban J connectivity index is 0.00000289. The van der Waals surface area contributed by atoms with Gasteiger partial charge in [-0.15, -0.1) is 0 Å². The van der Waals surface area contributed by atoms with Crippen LogP contribution in [0.1, 0.15) is 33.1 Å². The predicted molar refractivity (Wildman–Crippen MR) is 93.7 cm³/mol. The first-order chi connectivity index (χ1) is 14.3. The van der Waals surface area contributed by atoms with Crippen LogP contribution in [-0.4, -0.2) is 71.4 Å². The minimum atomic E-state index is -6.10. The molecule has 3 heterocycles. The standard InChI is InChI=1S/C18H22F2NO9S.Rf/c1-7(2)21-11-12-9(15(21)22)10(17(24)28-6-18(19,20)31(25,26)27)13(29-12)14(11)30-16(23)8-4-3-5-8;/h6-14H,3-5H2,1-2H3,(H,25,26,27);/q-1;/p-1. The Labute approximate surface area is 176 Å². The van der Waals surface area contributed by atoms with Crippen molar-refractivity contribution in [1.29, 1.82) is 0 Å². The summed E-state index contributed by atoms with van der Waals surface area (Å²) in [6.45, 7) is 2.82. The molecule has 176 valence electrons. The zero-order valence-electron chi connectivity index (χ0n) is 17.3. The van der Waals surface area contributed by atoms with Gasteiger partial charge in [0.15, 0.2) is 6.10 Å². The van der Waals surface area contributed by atoms with E-state index in [9.17, 15) is 36.1 Å². The molecule has 4 fully saturated rings. The Morgan fingerprint density at radius 3 is 2.38 bits per heavy atom. The van der Waals surface area contributed by atoms with E-state index in [4.69, 9.17) is 9.47 Å². The average Bonchev–Trinajstić information content (AvgIpc) is 3.19. The summed E-state index contributed by atoms with van der Waals surface area (Å²) in [6, 6.07) is -0.934. The molecule has 0 radical (unpaired) electrons. The van der Waals surface area contributed by atoms with Crippen molar-refractivity contribution < 1.29 is 50.3 Å². The number of ether oxygens (including phenoxy) is 3. The maximum atomic E-state index is 13.4. The van der Waals surface area contributed by atoms with Crippen LogP contribution in [0, 0.1) is 24.4 Å². The fraction of sp³-hybridized carbons (Fsp3) is 0.778. The van der Waals surface area contributed by atoms with Crippen LogP contribution in [0.3, 0.4) is 0 Å². The van der Waals surface area contributed by atoms with Crippen LogP contribution in [0.4, 0.5) is 8.78 Å². The van der Waals surface area contributed by atoms with Gasteiger partial charge in [0, 0.05) is 6.04 Å². The molecule has 0 aromatic rings. The summed E-state index contributed by atoms with van der Waals surface area (Å²) in [5.74, 6) is -5.02. The van der Waals surface area contributed by atoms with E-state index in [-0.39, 0.29) is 12.0 Å². The quantitative estimate of drug-likeness (QED) is 0.204. The van der Waals surface area contributed by atoms with Crippen LogP contribution in [0.15, 0.2) is 0 Å². The Kier molecular flexibility index (Phi) is 5.67. The number of hydrogen-bond donors (Lipinski definition) is 0. The Bertz CT molecular complexity index is 910. The van der Waals surface area contributed by atoms with Crippen LogP contribution >= 0.6 is 0 Å². The van der Waals surface area contributed by atoms with Crippen LogP contribution < -0.4 is 0 Å². The number of likely N-dealkylation sites (tertiary alicyclic amines) is 1. The normalized spacial score (nSPS) is 33.8. The van der Waals surface area contributed by atoms with Crippen molar-refractivity contribution in [2.45, 2.75) is 68.8 Å². The molecular weight excluding hydrogens is 711 g/mol. The molecule has 1 amide bonds. The van der Waals surface area contributed by atoms with Crippen molar-refractivity contribution in [2.24, 2.45) is 17.8 Å². The van der Waals surface area contributed by atoms with Gasteiger partial charge in [-0.1, -0.05) is 13.0 Å². The van der Waals surface area contributed by atoms with Gasteiger partial charge < -0.3 is 23.7 Å². The second-order valence-corrected chi connectivity index (χ2v) is 10.00. The molecule has 3 aliphatic heterocycles. The maximum Gasteiger partial charge on any atom is 0.309 e. The van der Waals surface area contributed by atoms with Crippen LogP contribution in [-0.2, 0) is 38.7 Å².